The highest BCUT2D eigenvalue weighted by atomic mass is 16.5. The van der Waals surface area contributed by atoms with Crippen molar-refractivity contribution >= 4 is 11.9 Å². The van der Waals surface area contributed by atoms with Crippen molar-refractivity contribution in [1.29, 1.82) is 0 Å². The van der Waals surface area contributed by atoms with Crippen LogP contribution in [0, 0.1) is 0 Å². The first kappa shape index (κ1) is 16.9. The molecule has 0 amide bonds. The molecule has 0 saturated carbocycles. The molecule has 2 rings (SSSR count). The van der Waals surface area contributed by atoms with Crippen molar-refractivity contribution in [2.75, 3.05) is 19.1 Å². The van der Waals surface area contributed by atoms with Crippen molar-refractivity contribution in [3.8, 4) is 11.5 Å². The van der Waals surface area contributed by atoms with Gasteiger partial charge in [0, 0.05) is 0 Å². The first-order valence-corrected chi connectivity index (χ1v) is 7.98. The lowest BCUT2D eigenvalue weighted by Gasteiger charge is -2.11. The second kappa shape index (κ2) is 9.51. The molecule has 2 aromatic carbocycles. The van der Waals surface area contributed by atoms with Gasteiger partial charge in [0.05, 0.1) is 25.6 Å². The van der Waals surface area contributed by atoms with Crippen molar-refractivity contribution in [3.05, 3.63) is 54.1 Å². The quantitative estimate of drug-likeness (QED) is 0.414. The Morgan fingerprint density at radius 3 is 2.61 bits per heavy atom. The average molecular weight is 312 g/mol. The number of unbranched alkanes of at least 4 members (excludes halogenated alkanes) is 2. The van der Waals surface area contributed by atoms with Gasteiger partial charge in [-0.2, -0.15) is 5.10 Å². The van der Waals surface area contributed by atoms with Gasteiger partial charge in [0.1, 0.15) is 0 Å². The van der Waals surface area contributed by atoms with Crippen LogP contribution >= 0.6 is 0 Å². The molecule has 122 valence electrons. The summed E-state index contributed by atoms with van der Waals surface area (Å²) in [5, 5.41) is 4.23. The van der Waals surface area contributed by atoms with Crippen molar-refractivity contribution in [1.82, 2.24) is 0 Å². The minimum absolute atomic E-state index is 0.715. The molecular weight excluding hydrogens is 288 g/mol. The third-order valence-electron chi connectivity index (χ3n) is 3.37. The molecular formula is C19H24N2O2. The molecule has 4 nitrogen and oxygen atoms in total. The summed E-state index contributed by atoms with van der Waals surface area (Å²) in [4.78, 5) is 0. The van der Waals surface area contributed by atoms with Gasteiger partial charge in [0.2, 0.25) is 0 Å². The Hall–Kier alpha value is -2.49. The summed E-state index contributed by atoms with van der Waals surface area (Å²) in [6, 6.07) is 15.6. The molecule has 23 heavy (non-hydrogen) atoms. The van der Waals surface area contributed by atoms with Crippen LogP contribution in [-0.2, 0) is 0 Å². The summed E-state index contributed by atoms with van der Waals surface area (Å²) >= 11 is 0. The van der Waals surface area contributed by atoms with Crippen LogP contribution in [0.15, 0.2) is 53.6 Å². The highest BCUT2D eigenvalue weighted by Gasteiger charge is 2.04. The third-order valence-corrected chi connectivity index (χ3v) is 3.37. The molecule has 0 radical (unpaired) electrons. The van der Waals surface area contributed by atoms with Gasteiger partial charge in [-0.05, 0) is 42.3 Å². The van der Waals surface area contributed by atoms with E-state index in [2.05, 4.69) is 17.5 Å². The number of hydrazone groups is 1. The Kier molecular flexibility index (Phi) is 6.98. The van der Waals surface area contributed by atoms with Crippen LogP contribution in [0.4, 0.5) is 5.69 Å². The molecule has 4 heteroatoms. The van der Waals surface area contributed by atoms with Gasteiger partial charge in [-0.25, -0.2) is 0 Å². The molecule has 0 aliphatic rings. The number of nitrogens with one attached hydrogen (secondary N) is 1. The van der Waals surface area contributed by atoms with Gasteiger partial charge in [0.15, 0.2) is 11.5 Å². The number of nitrogens with zero attached hydrogens (tertiary/aromatic N) is 1. The predicted octanol–water partition coefficient (Wildman–Crippen LogP) is 4.71. The minimum atomic E-state index is 0.715. The number of anilines is 1. The molecule has 0 aliphatic carbocycles. The summed E-state index contributed by atoms with van der Waals surface area (Å²) in [6.07, 6.45) is 5.18. The van der Waals surface area contributed by atoms with Gasteiger partial charge in [-0.15, -0.1) is 0 Å². The molecule has 0 atom stereocenters. The molecule has 0 fully saturated rings. The Morgan fingerprint density at radius 2 is 1.87 bits per heavy atom. The maximum Gasteiger partial charge on any atom is 0.161 e. The van der Waals surface area contributed by atoms with Crippen LogP contribution in [0.5, 0.6) is 11.5 Å². The maximum atomic E-state index is 5.77. The number of hydrogen-bond donors (Lipinski definition) is 1. The fourth-order valence-corrected chi connectivity index (χ4v) is 2.11. The molecule has 2 aromatic rings. The smallest absolute Gasteiger partial charge is 0.161 e. The van der Waals surface area contributed by atoms with Gasteiger partial charge >= 0.3 is 0 Å². The SMILES string of the molecule is CCCCCOc1ccc(/C=N/Nc2ccccc2)cc1OC. The fraction of sp³-hybridized carbons (Fsp3) is 0.316. The van der Waals surface area contributed by atoms with E-state index in [-0.39, 0.29) is 0 Å². The van der Waals surface area contributed by atoms with E-state index in [1.807, 2.05) is 48.5 Å². The van der Waals surface area contributed by atoms with E-state index in [1.165, 1.54) is 12.8 Å². The standard InChI is InChI=1S/C19H24N2O2/c1-3-4-8-13-23-18-12-11-16(14-19(18)22-2)15-20-21-17-9-6-5-7-10-17/h5-7,9-12,14-15,21H,3-4,8,13H2,1-2H3/b20-15+. The second-order valence-corrected chi connectivity index (χ2v) is 5.20. The van der Waals surface area contributed by atoms with Gasteiger partial charge in [-0.3, -0.25) is 5.43 Å². The fourth-order valence-electron chi connectivity index (χ4n) is 2.11. The third kappa shape index (κ3) is 5.66. The van der Waals surface area contributed by atoms with Crippen molar-refractivity contribution in [2.45, 2.75) is 26.2 Å². The van der Waals surface area contributed by atoms with E-state index in [4.69, 9.17) is 9.47 Å². The minimum Gasteiger partial charge on any atom is -0.493 e. The number of para-hydroxylation sites is 1. The summed E-state index contributed by atoms with van der Waals surface area (Å²) in [5.41, 5.74) is 4.89. The van der Waals surface area contributed by atoms with Crippen LogP contribution in [0.25, 0.3) is 0 Å². The number of methoxy groups -OCH3 is 1. The van der Waals surface area contributed by atoms with Gasteiger partial charge < -0.3 is 9.47 Å². The van der Waals surface area contributed by atoms with Crippen LogP contribution < -0.4 is 14.9 Å². The van der Waals surface area contributed by atoms with Crippen molar-refractivity contribution < 1.29 is 9.47 Å². The second-order valence-electron chi connectivity index (χ2n) is 5.20. The molecule has 0 aromatic heterocycles. The molecule has 0 bridgehead atoms. The van der Waals surface area contributed by atoms with E-state index >= 15 is 0 Å². The summed E-state index contributed by atoms with van der Waals surface area (Å²) in [7, 11) is 1.65. The lowest BCUT2D eigenvalue weighted by molar-refractivity contribution is 0.286. The monoisotopic (exact) mass is 312 g/mol. The van der Waals surface area contributed by atoms with Gasteiger partial charge in [0.25, 0.3) is 0 Å². The lowest BCUT2D eigenvalue weighted by atomic mass is 10.2. The highest BCUT2D eigenvalue weighted by Crippen LogP contribution is 2.27. The zero-order valence-corrected chi connectivity index (χ0v) is 13.8. The number of benzene rings is 2. The van der Waals surface area contributed by atoms with E-state index in [9.17, 15) is 0 Å². The maximum absolute atomic E-state index is 5.77. The van der Waals surface area contributed by atoms with Crippen molar-refractivity contribution in [3.63, 3.8) is 0 Å². The summed E-state index contributed by atoms with van der Waals surface area (Å²) in [5.74, 6) is 1.50. The molecule has 1 N–H and O–H groups in total. The largest absolute Gasteiger partial charge is 0.493 e. The first-order chi connectivity index (χ1) is 11.3. The van der Waals surface area contributed by atoms with Crippen LogP contribution in [0.1, 0.15) is 31.7 Å². The number of hydrogen-bond acceptors (Lipinski definition) is 4. The van der Waals surface area contributed by atoms with E-state index in [0.29, 0.717) is 6.61 Å². The predicted molar refractivity (Wildman–Crippen MR) is 95.7 cm³/mol. The Morgan fingerprint density at radius 1 is 1.04 bits per heavy atom. The highest BCUT2D eigenvalue weighted by molar-refractivity contribution is 5.81. The first-order valence-electron chi connectivity index (χ1n) is 7.98. The summed E-state index contributed by atoms with van der Waals surface area (Å²) in [6.45, 7) is 2.89. The summed E-state index contributed by atoms with van der Waals surface area (Å²) < 4.78 is 11.2. The van der Waals surface area contributed by atoms with Crippen LogP contribution in [-0.4, -0.2) is 19.9 Å². The molecule has 0 unspecified atom stereocenters. The molecule has 0 aliphatic heterocycles. The van der Waals surface area contributed by atoms with E-state index < -0.39 is 0 Å². The number of ether oxygens (including phenoxy) is 2. The lowest BCUT2D eigenvalue weighted by Crippen LogP contribution is -2.00. The Bertz CT molecular complexity index is 612. The average Bonchev–Trinajstić information content (AvgIpc) is 2.60. The van der Waals surface area contributed by atoms with Crippen LogP contribution in [0.2, 0.25) is 0 Å². The Labute approximate surface area is 138 Å². The zero-order chi connectivity index (χ0) is 16.3. The zero-order valence-electron chi connectivity index (χ0n) is 13.8. The van der Waals surface area contributed by atoms with E-state index in [0.717, 1.165) is 29.2 Å². The molecule has 0 spiro atoms. The van der Waals surface area contributed by atoms with Crippen LogP contribution in [0.3, 0.4) is 0 Å². The molecule has 0 heterocycles. The van der Waals surface area contributed by atoms with Crippen molar-refractivity contribution in [2.24, 2.45) is 5.10 Å². The van der Waals surface area contributed by atoms with Gasteiger partial charge in [-0.1, -0.05) is 38.0 Å². The normalized spacial score (nSPS) is 10.7. The Balaban J connectivity index is 1.95. The van der Waals surface area contributed by atoms with E-state index in [1.54, 1.807) is 13.3 Å². The number of rotatable bonds is 9. The molecule has 0 saturated heterocycles. The topological polar surface area (TPSA) is 42.8 Å².